The van der Waals surface area contributed by atoms with E-state index in [2.05, 4.69) is 38.8 Å². The number of nitrogens with zero attached hydrogens (tertiary/aromatic N) is 4. The van der Waals surface area contributed by atoms with Crippen LogP contribution in [0.5, 0.6) is 0 Å². The van der Waals surface area contributed by atoms with E-state index in [-0.39, 0.29) is 11.9 Å². The third kappa shape index (κ3) is 3.36. The minimum absolute atomic E-state index is 0.201. The highest BCUT2D eigenvalue weighted by Crippen LogP contribution is 2.19. The summed E-state index contributed by atoms with van der Waals surface area (Å²) in [6.07, 6.45) is 2.05. The largest absolute Gasteiger partial charge is 0.455 e. The van der Waals surface area contributed by atoms with E-state index < -0.39 is 0 Å². The number of furan rings is 1. The van der Waals surface area contributed by atoms with Crippen molar-refractivity contribution in [3.05, 3.63) is 35.3 Å². The fourth-order valence-corrected chi connectivity index (χ4v) is 3.08. The summed E-state index contributed by atoms with van der Waals surface area (Å²) >= 11 is 0. The quantitative estimate of drug-likeness (QED) is 0.841. The zero-order valence-corrected chi connectivity index (χ0v) is 14.6. The summed E-state index contributed by atoms with van der Waals surface area (Å²) in [5, 5.41) is 11.4. The molecule has 0 saturated carbocycles. The van der Waals surface area contributed by atoms with Crippen LogP contribution in [0, 0.1) is 0 Å². The molecule has 1 unspecified atom stereocenters. The highest BCUT2D eigenvalue weighted by atomic mass is 16.4. The highest BCUT2D eigenvalue weighted by Gasteiger charge is 2.23. The van der Waals surface area contributed by atoms with E-state index in [1.165, 1.54) is 0 Å². The summed E-state index contributed by atoms with van der Waals surface area (Å²) in [4.78, 5) is 14.7. The smallest absolute Gasteiger partial charge is 0.287 e. The number of nitrogens with one attached hydrogen (secondary N) is 1. The van der Waals surface area contributed by atoms with Gasteiger partial charge in [0.05, 0.1) is 12.6 Å². The molecule has 7 heteroatoms. The van der Waals surface area contributed by atoms with Gasteiger partial charge in [0.25, 0.3) is 5.91 Å². The molecule has 2 aromatic rings. The molecule has 1 aliphatic heterocycles. The third-order valence-electron chi connectivity index (χ3n) is 4.53. The van der Waals surface area contributed by atoms with Crippen molar-refractivity contribution < 1.29 is 9.21 Å². The van der Waals surface area contributed by atoms with E-state index in [0.29, 0.717) is 12.3 Å². The number of rotatable bonds is 7. The molecule has 0 fully saturated rings. The molecule has 24 heavy (non-hydrogen) atoms. The molecule has 1 amide bonds. The number of amides is 1. The van der Waals surface area contributed by atoms with Gasteiger partial charge in [0.15, 0.2) is 11.6 Å². The monoisotopic (exact) mass is 331 g/mol. The van der Waals surface area contributed by atoms with Crippen LogP contribution >= 0.6 is 0 Å². The molecule has 7 nitrogen and oxygen atoms in total. The van der Waals surface area contributed by atoms with Gasteiger partial charge in [-0.2, -0.15) is 0 Å². The molecule has 0 radical (unpaired) electrons. The van der Waals surface area contributed by atoms with E-state index in [4.69, 9.17) is 4.42 Å². The Morgan fingerprint density at radius 2 is 2.17 bits per heavy atom. The van der Waals surface area contributed by atoms with Crippen molar-refractivity contribution in [1.29, 1.82) is 0 Å². The van der Waals surface area contributed by atoms with Crippen LogP contribution in [0.3, 0.4) is 0 Å². The van der Waals surface area contributed by atoms with Gasteiger partial charge in [-0.15, -0.1) is 10.2 Å². The molecule has 1 atom stereocenters. The van der Waals surface area contributed by atoms with E-state index >= 15 is 0 Å². The Balaban J connectivity index is 1.63. The molecule has 0 spiro atoms. The Bertz CT molecular complexity index is 702. The Morgan fingerprint density at radius 1 is 1.38 bits per heavy atom. The second kappa shape index (κ2) is 7.17. The maximum absolute atomic E-state index is 12.4. The number of carbonyl (C=O) groups excluding carboxylic acids is 1. The zero-order valence-electron chi connectivity index (χ0n) is 14.6. The topological polar surface area (TPSA) is 76.2 Å². The fraction of sp³-hybridized carbons (Fsp3) is 0.588. The Hall–Kier alpha value is -2.15. The molecule has 1 aliphatic rings. The normalized spacial score (nSPS) is 14.8. The predicted molar refractivity (Wildman–Crippen MR) is 89.6 cm³/mol. The van der Waals surface area contributed by atoms with E-state index in [9.17, 15) is 4.79 Å². The van der Waals surface area contributed by atoms with Crippen LogP contribution in [-0.4, -0.2) is 38.7 Å². The molecular weight excluding hydrogens is 306 g/mol. The first-order valence-corrected chi connectivity index (χ1v) is 8.66. The van der Waals surface area contributed by atoms with Crippen molar-refractivity contribution in [3.63, 3.8) is 0 Å². The molecule has 0 aliphatic carbocycles. The van der Waals surface area contributed by atoms with Gasteiger partial charge < -0.3 is 14.3 Å². The lowest BCUT2D eigenvalue weighted by atomic mass is 10.3. The van der Waals surface area contributed by atoms with Crippen LogP contribution in [0.2, 0.25) is 0 Å². The highest BCUT2D eigenvalue weighted by molar-refractivity contribution is 5.91. The molecule has 0 saturated heterocycles. The predicted octanol–water partition coefficient (Wildman–Crippen LogP) is 2.15. The minimum atomic E-state index is -0.219. The number of fused-ring (bicyclic) bond motifs is 1. The summed E-state index contributed by atoms with van der Waals surface area (Å²) in [7, 11) is 0. The second-order valence-electron chi connectivity index (χ2n) is 6.15. The lowest BCUT2D eigenvalue weighted by Crippen LogP contribution is -2.28. The van der Waals surface area contributed by atoms with Gasteiger partial charge >= 0.3 is 0 Å². The van der Waals surface area contributed by atoms with Gasteiger partial charge in [0.1, 0.15) is 11.6 Å². The van der Waals surface area contributed by atoms with Gasteiger partial charge in [-0.1, -0.05) is 13.8 Å². The van der Waals surface area contributed by atoms with E-state index in [0.717, 1.165) is 49.9 Å². The van der Waals surface area contributed by atoms with Gasteiger partial charge in [0, 0.05) is 13.0 Å². The lowest BCUT2D eigenvalue weighted by molar-refractivity contribution is 0.0906. The van der Waals surface area contributed by atoms with Crippen molar-refractivity contribution in [3.8, 4) is 0 Å². The molecule has 0 bridgehead atoms. The number of carbonyl (C=O) groups is 1. The van der Waals surface area contributed by atoms with Crippen LogP contribution in [-0.2, 0) is 19.5 Å². The molecule has 3 heterocycles. The maximum atomic E-state index is 12.4. The van der Waals surface area contributed by atoms with Crippen molar-refractivity contribution >= 4 is 5.91 Å². The number of aromatic nitrogens is 3. The molecular formula is C17H25N5O2. The summed E-state index contributed by atoms with van der Waals surface area (Å²) in [6, 6.07) is 3.40. The first kappa shape index (κ1) is 16.7. The first-order valence-electron chi connectivity index (χ1n) is 8.66. The van der Waals surface area contributed by atoms with Crippen LogP contribution in [0.4, 0.5) is 0 Å². The minimum Gasteiger partial charge on any atom is -0.455 e. The van der Waals surface area contributed by atoms with Crippen molar-refractivity contribution in [1.82, 2.24) is 25.0 Å². The van der Waals surface area contributed by atoms with Crippen molar-refractivity contribution in [2.45, 2.75) is 52.7 Å². The average molecular weight is 331 g/mol. The summed E-state index contributed by atoms with van der Waals surface area (Å²) in [6.45, 7) is 9.69. The van der Waals surface area contributed by atoms with Crippen LogP contribution < -0.4 is 5.32 Å². The molecule has 3 rings (SSSR count). The van der Waals surface area contributed by atoms with Gasteiger partial charge in [-0.3, -0.25) is 9.69 Å². The standard InChI is InChI=1S/C17H25N5O2/c1-4-21(5-2)11-13-8-9-14(24-13)17(23)18-12(3)16-20-19-15-7-6-10-22(15)16/h8-9,12H,4-7,10-11H2,1-3H3,(H,18,23). The molecule has 1 N–H and O–H groups in total. The van der Waals surface area contributed by atoms with E-state index in [1.54, 1.807) is 6.07 Å². The second-order valence-corrected chi connectivity index (χ2v) is 6.15. The van der Waals surface area contributed by atoms with Crippen LogP contribution in [0.1, 0.15) is 61.2 Å². The summed E-state index contributed by atoms with van der Waals surface area (Å²) in [5.41, 5.74) is 0. The average Bonchev–Trinajstić information content (AvgIpc) is 3.28. The molecule has 2 aromatic heterocycles. The lowest BCUT2D eigenvalue weighted by Gasteiger charge is -2.16. The van der Waals surface area contributed by atoms with Crippen molar-refractivity contribution in [2.24, 2.45) is 0 Å². The molecule has 130 valence electrons. The zero-order chi connectivity index (χ0) is 17.1. The summed E-state index contributed by atoms with van der Waals surface area (Å²) < 4.78 is 7.79. The summed E-state index contributed by atoms with van der Waals surface area (Å²) in [5.74, 6) is 2.74. The Labute approximate surface area is 142 Å². The number of hydrogen-bond acceptors (Lipinski definition) is 5. The van der Waals surface area contributed by atoms with E-state index in [1.807, 2.05) is 13.0 Å². The number of hydrogen-bond donors (Lipinski definition) is 1. The van der Waals surface area contributed by atoms with Gasteiger partial charge in [-0.05, 0) is 38.6 Å². The SMILES string of the molecule is CCN(CC)Cc1ccc(C(=O)NC(C)c2nnc3n2CCC3)o1. The van der Waals surface area contributed by atoms with Gasteiger partial charge in [-0.25, -0.2) is 0 Å². The Kier molecular flexibility index (Phi) is 4.99. The molecule has 0 aromatic carbocycles. The van der Waals surface area contributed by atoms with Crippen molar-refractivity contribution in [2.75, 3.05) is 13.1 Å². The third-order valence-corrected chi connectivity index (χ3v) is 4.53. The fourth-order valence-electron chi connectivity index (χ4n) is 3.08. The van der Waals surface area contributed by atoms with Crippen LogP contribution in [0.15, 0.2) is 16.5 Å². The van der Waals surface area contributed by atoms with Crippen LogP contribution in [0.25, 0.3) is 0 Å². The first-order chi connectivity index (χ1) is 11.6. The Morgan fingerprint density at radius 3 is 2.92 bits per heavy atom. The van der Waals surface area contributed by atoms with Gasteiger partial charge in [0.2, 0.25) is 0 Å². The maximum Gasteiger partial charge on any atom is 0.287 e. The number of aryl methyl sites for hydroxylation is 1.